The van der Waals surface area contributed by atoms with Gasteiger partial charge >= 0.3 is 5.97 Å². The van der Waals surface area contributed by atoms with Gasteiger partial charge in [0.2, 0.25) is 0 Å². The highest BCUT2D eigenvalue weighted by Gasteiger charge is 2.06. The number of hydrogen-bond donors (Lipinski definition) is 1. The number of hydrogen-bond acceptors (Lipinski definition) is 2. The van der Waals surface area contributed by atoms with Crippen molar-refractivity contribution in [2.75, 3.05) is 5.88 Å². The zero-order valence-corrected chi connectivity index (χ0v) is 10.9. The number of aliphatic carboxylic acids is 1. The number of rotatable bonds is 6. The van der Waals surface area contributed by atoms with E-state index in [1.807, 2.05) is 0 Å². The third-order valence-corrected chi connectivity index (χ3v) is 2.73. The van der Waals surface area contributed by atoms with Crippen LogP contribution in [0.3, 0.4) is 0 Å². The minimum absolute atomic E-state index is 0.0267. The highest BCUT2D eigenvalue weighted by molar-refractivity contribution is 6.18. The molecule has 0 aliphatic heterocycles. The monoisotopic (exact) mass is 266 g/mol. The standard InChI is InChI=1S/C14H15ClO3/c1-10(14(17)18)8-11-4-2-5-12(9-11)13(16)6-3-7-15/h2,4-5,8-9H,3,6-7H2,1H3,(H,17,18). The van der Waals surface area contributed by atoms with Crippen LogP contribution in [0.1, 0.15) is 35.7 Å². The molecule has 1 N–H and O–H groups in total. The average Bonchev–Trinajstić information content (AvgIpc) is 2.36. The molecule has 1 rings (SSSR count). The van der Waals surface area contributed by atoms with Gasteiger partial charge in [0.15, 0.2) is 5.78 Å². The van der Waals surface area contributed by atoms with Crippen molar-refractivity contribution < 1.29 is 14.7 Å². The van der Waals surface area contributed by atoms with Gasteiger partial charge in [-0.2, -0.15) is 0 Å². The SMILES string of the molecule is CC(=Cc1cccc(C(=O)CCCCl)c1)C(=O)O. The average molecular weight is 267 g/mol. The predicted molar refractivity (Wildman–Crippen MR) is 72.0 cm³/mol. The van der Waals surface area contributed by atoms with Gasteiger partial charge in [0.25, 0.3) is 0 Å². The van der Waals surface area contributed by atoms with Crippen LogP contribution in [-0.4, -0.2) is 22.7 Å². The fraction of sp³-hybridized carbons (Fsp3) is 0.286. The Kier molecular flexibility index (Phi) is 5.59. The Hall–Kier alpha value is -1.61. The van der Waals surface area contributed by atoms with Crippen molar-refractivity contribution in [3.63, 3.8) is 0 Å². The van der Waals surface area contributed by atoms with Crippen LogP contribution in [0, 0.1) is 0 Å². The van der Waals surface area contributed by atoms with Gasteiger partial charge in [-0.05, 0) is 31.1 Å². The molecule has 0 saturated heterocycles. The molecule has 0 unspecified atom stereocenters. The molecule has 96 valence electrons. The van der Waals surface area contributed by atoms with Crippen molar-refractivity contribution in [1.82, 2.24) is 0 Å². The molecule has 0 fully saturated rings. The molecular weight excluding hydrogens is 252 g/mol. The van der Waals surface area contributed by atoms with Gasteiger partial charge in [0.05, 0.1) is 0 Å². The first-order chi connectivity index (χ1) is 8.54. The molecule has 0 radical (unpaired) electrons. The van der Waals surface area contributed by atoms with Gasteiger partial charge in [0, 0.05) is 23.4 Å². The van der Waals surface area contributed by atoms with E-state index in [1.165, 1.54) is 6.92 Å². The summed E-state index contributed by atoms with van der Waals surface area (Å²) in [4.78, 5) is 22.5. The summed E-state index contributed by atoms with van der Waals surface area (Å²) in [7, 11) is 0. The van der Waals surface area contributed by atoms with Gasteiger partial charge < -0.3 is 5.11 Å². The summed E-state index contributed by atoms with van der Waals surface area (Å²) in [5.74, 6) is -0.476. The molecule has 18 heavy (non-hydrogen) atoms. The van der Waals surface area contributed by atoms with E-state index in [9.17, 15) is 9.59 Å². The number of halogens is 1. The summed E-state index contributed by atoms with van der Waals surface area (Å²) in [6, 6.07) is 6.94. The molecule has 0 aliphatic rings. The molecule has 0 spiro atoms. The van der Waals surface area contributed by atoms with Crippen molar-refractivity contribution in [2.24, 2.45) is 0 Å². The number of carboxylic acid groups (broad SMARTS) is 1. The fourth-order valence-corrected chi connectivity index (χ4v) is 1.62. The first-order valence-corrected chi connectivity index (χ1v) is 6.19. The minimum atomic E-state index is -0.964. The minimum Gasteiger partial charge on any atom is -0.478 e. The third-order valence-electron chi connectivity index (χ3n) is 2.47. The molecule has 0 bridgehead atoms. The molecule has 3 nitrogen and oxygen atoms in total. The molecule has 0 aromatic heterocycles. The highest BCUT2D eigenvalue weighted by Crippen LogP contribution is 2.12. The Bertz CT molecular complexity index is 478. The maximum absolute atomic E-state index is 11.8. The van der Waals surface area contributed by atoms with Crippen LogP contribution in [0.25, 0.3) is 6.08 Å². The first kappa shape index (κ1) is 14.5. The van der Waals surface area contributed by atoms with Crippen molar-refractivity contribution in [2.45, 2.75) is 19.8 Å². The van der Waals surface area contributed by atoms with Crippen LogP contribution in [0.5, 0.6) is 0 Å². The van der Waals surface area contributed by atoms with Gasteiger partial charge in [0.1, 0.15) is 0 Å². The topological polar surface area (TPSA) is 54.4 Å². The maximum Gasteiger partial charge on any atom is 0.331 e. The summed E-state index contributed by atoms with van der Waals surface area (Å²) in [6.07, 6.45) is 2.60. The van der Waals surface area contributed by atoms with E-state index in [-0.39, 0.29) is 11.4 Å². The van der Waals surface area contributed by atoms with Crippen LogP contribution in [-0.2, 0) is 4.79 Å². The summed E-state index contributed by atoms with van der Waals surface area (Å²) in [6.45, 7) is 1.52. The lowest BCUT2D eigenvalue weighted by Crippen LogP contribution is -2.00. The molecule has 0 heterocycles. The zero-order chi connectivity index (χ0) is 13.5. The molecular formula is C14H15ClO3. The molecule has 0 atom stereocenters. The number of carbonyl (C=O) groups excluding carboxylic acids is 1. The fourth-order valence-electron chi connectivity index (χ4n) is 1.49. The number of alkyl halides is 1. The van der Waals surface area contributed by atoms with Crippen molar-refractivity contribution in [3.8, 4) is 0 Å². The van der Waals surface area contributed by atoms with Crippen molar-refractivity contribution in [3.05, 3.63) is 41.0 Å². The van der Waals surface area contributed by atoms with Crippen LogP contribution < -0.4 is 0 Å². The van der Waals surface area contributed by atoms with Crippen LogP contribution in [0.2, 0.25) is 0 Å². The second-order valence-corrected chi connectivity index (χ2v) is 4.35. The molecule has 0 aliphatic carbocycles. The van der Waals surface area contributed by atoms with Crippen LogP contribution in [0.15, 0.2) is 29.8 Å². The first-order valence-electron chi connectivity index (χ1n) is 5.65. The Morgan fingerprint density at radius 2 is 2.11 bits per heavy atom. The van der Waals surface area contributed by atoms with Gasteiger partial charge in [-0.25, -0.2) is 4.79 Å². The lowest BCUT2D eigenvalue weighted by Gasteiger charge is -2.02. The lowest BCUT2D eigenvalue weighted by molar-refractivity contribution is -0.132. The van der Waals surface area contributed by atoms with E-state index in [0.717, 1.165) is 0 Å². The summed E-state index contributed by atoms with van der Waals surface area (Å²) >= 11 is 5.54. The molecule has 0 saturated carbocycles. The van der Waals surface area contributed by atoms with E-state index >= 15 is 0 Å². The van der Waals surface area contributed by atoms with E-state index in [4.69, 9.17) is 16.7 Å². The number of carboxylic acids is 1. The normalized spacial score (nSPS) is 11.3. The van der Waals surface area contributed by atoms with Gasteiger partial charge in [-0.3, -0.25) is 4.79 Å². The summed E-state index contributed by atoms with van der Waals surface area (Å²) < 4.78 is 0. The third kappa shape index (κ3) is 4.34. The second-order valence-electron chi connectivity index (χ2n) is 3.97. The Labute approximate surface area is 111 Å². The lowest BCUT2D eigenvalue weighted by atomic mass is 10.0. The Morgan fingerprint density at radius 3 is 2.72 bits per heavy atom. The maximum atomic E-state index is 11.8. The van der Waals surface area contributed by atoms with E-state index in [1.54, 1.807) is 30.3 Å². The quantitative estimate of drug-likeness (QED) is 0.488. The highest BCUT2D eigenvalue weighted by atomic mass is 35.5. The summed E-state index contributed by atoms with van der Waals surface area (Å²) in [5, 5.41) is 8.79. The van der Waals surface area contributed by atoms with Crippen molar-refractivity contribution in [1.29, 1.82) is 0 Å². The number of ketones is 1. The Balaban J connectivity index is 2.89. The van der Waals surface area contributed by atoms with E-state index in [0.29, 0.717) is 29.8 Å². The zero-order valence-electron chi connectivity index (χ0n) is 10.1. The number of benzene rings is 1. The molecule has 1 aromatic carbocycles. The van der Waals surface area contributed by atoms with Crippen LogP contribution >= 0.6 is 11.6 Å². The largest absolute Gasteiger partial charge is 0.478 e. The second kappa shape index (κ2) is 6.97. The molecule has 0 amide bonds. The van der Waals surface area contributed by atoms with E-state index < -0.39 is 5.97 Å². The Morgan fingerprint density at radius 1 is 1.39 bits per heavy atom. The van der Waals surface area contributed by atoms with Crippen LogP contribution in [0.4, 0.5) is 0 Å². The number of Topliss-reactive ketones (excluding diaryl/α,β-unsaturated/α-hetero) is 1. The number of carbonyl (C=O) groups is 2. The van der Waals surface area contributed by atoms with Crippen molar-refractivity contribution >= 4 is 29.4 Å². The van der Waals surface area contributed by atoms with E-state index in [2.05, 4.69) is 0 Å². The predicted octanol–water partition coefficient (Wildman–Crippen LogP) is 3.38. The summed E-state index contributed by atoms with van der Waals surface area (Å²) in [5.41, 5.74) is 1.54. The van der Waals surface area contributed by atoms with Gasteiger partial charge in [-0.15, -0.1) is 11.6 Å². The molecule has 4 heteroatoms. The molecule has 1 aromatic rings. The smallest absolute Gasteiger partial charge is 0.331 e. The van der Waals surface area contributed by atoms with Gasteiger partial charge in [-0.1, -0.05) is 18.2 Å².